The van der Waals surface area contributed by atoms with Crippen LogP contribution in [0.25, 0.3) is 10.2 Å². The molecular weight excluding hydrogens is 438 g/mol. The Morgan fingerprint density at radius 2 is 1.81 bits per heavy atom. The van der Waals surface area contributed by atoms with Crippen molar-refractivity contribution >= 4 is 37.5 Å². The SMILES string of the molecule is CCOc1ccc(S(=O)(=O)NCC(=O)N(C)Cc2nc3ccccc3s2)cc1OCC. The highest BCUT2D eigenvalue weighted by Gasteiger charge is 2.20. The van der Waals surface area contributed by atoms with Crippen LogP contribution in [0, 0.1) is 0 Å². The predicted octanol–water partition coefficient (Wildman–Crippen LogP) is 3.03. The van der Waals surface area contributed by atoms with Crippen molar-refractivity contribution in [3.63, 3.8) is 0 Å². The van der Waals surface area contributed by atoms with E-state index in [0.29, 0.717) is 31.3 Å². The highest BCUT2D eigenvalue weighted by atomic mass is 32.2. The molecule has 0 aliphatic carbocycles. The first-order chi connectivity index (χ1) is 14.8. The first-order valence-corrected chi connectivity index (χ1v) is 12.1. The number of aromatic nitrogens is 1. The van der Waals surface area contributed by atoms with Crippen LogP contribution in [0.3, 0.4) is 0 Å². The molecule has 31 heavy (non-hydrogen) atoms. The van der Waals surface area contributed by atoms with Crippen LogP contribution < -0.4 is 14.2 Å². The van der Waals surface area contributed by atoms with Gasteiger partial charge in [-0.15, -0.1) is 11.3 Å². The molecule has 1 N–H and O–H groups in total. The number of nitrogens with one attached hydrogen (secondary N) is 1. The topological polar surface area (TPSA) is 97.8 Å². The van der Waals surface area contributed by atoms with Gasteiger partial charge in [-0.05, 0) is 38.1 Å². The molecule has 1 amide bonds. The van der Waals surface area contributed by atoms with E-state index in [1.54, 1.807) is 20.0 Å². The molecule has 3 rings (SSSR count). The molecule has 0 unspecified atom stereocenters. The fraction of sp³-hybridized carbons (Fsp3) is 0.333. The molecule has 0 fully saturated rings. The maximum Gasteiger partial charge on any atom is 0.241 e. The number of sulfonamides is 1. The summed E-state index contributed by atoms with van der Waals surface area (Å²) in [5, 5.41) is 0.785. The van der Waals surface area contributed by atoms with Gasteiger partial charge in [-0.25, -0.2) is 18.1 Å². The largest absolute Gasteiger partial charge is 0.490 e. The lowest BCUT2D eigenvalue weighted by atomic mass is 10.3. The average Bonchev–Trinajstić information content (AvgIpc) is 3.15. The van der Waals surface area contributed by atoms with Crippen molar-refractivity contribution < 1.29 is 22.7 Å². The normalized spacial score (nSPS) is 11.5. The minimum Gasteiger partial charge on any atom is -0.490 e. The van der Waals surface area contributed by atoms with Gasteiger partial charge < -0.3 is 14.4 Å². The van der Waals surface area contributed by atoms with Crippen LogP contribution in [-0.2, 0) is 21.4 Å². The van der Waals surface area contributed by atoms with Gasteiger partial charge in [-0.1, -0.05) is 12.1 Å². The molecule has 0 aliphatic rings. The van der Waals surface area contributed by atoms with Crippen LogP contribution in [0.15, 0.2) is 47.4 Å². The highest BCUT2D eigenvalue weighted by molar-refractivity contribution is 7.89. The number of hydrogen-bond donors (Lipinski definition) is 1. The summed E-state index contributed by atoms with van der Waals surface area (Å²) in [6.07, 6.45) is 0. The molecule has 0 radical (unpaired) electrons. The van der Waals surface area contributed by atoms with E-state index in [0.717, 1.165) is 15.2 Å². The number of thiazole rings is 1. The molecule has 3 aromatic rings. The zero-order chi connectivity index (χ0) is 22.4. The van der Waals surface area contributed by atoms with E-state index in [-0.39, 0.29) is 17.3 Å². The van der Waals surface area contributed by atoms with E-state index in [4.69, 9.17) is 9.47 Å². The number of ether oxygens (including phenoxy) is 2. The van der Waals surface area contributed by atoms with Crippen LogP contribution in [-0.4, -0.2) is 51.0 Å². The summed E-state index contributed by atoms with van der Waals surface area (Å²) in [6, 6.07) is 12.1. The third-order valence-corrected chi connectivity index (χ3v) is 6.79. The molecule has 10 heteroatoms. The molecule has 0 saturated heterocycles. The lowest BCUT2D eigenvalue weighted by molar-refractivity contribution is -0.129. The third kappa shape index (κ3) is 5.72. The number of benzene rings is 2. The first-order valence-electron chi connectivity index (χ1n) is 9.81. The number of carbonyl (C=O) groups excluding carboxylic acids is 1. The quantitative estimate of drug-likeness (QED) is 0.496. The summed E-state index contributed by atoms with van der Waals surface area (Å²) < 4.78 is 39.7. The lowest BCUT2D eigenvalue weighted by Crippen LogP contribution is -2.37. The summed E-state index contributed by atoms with van der Waals surface area (Å²) >= 11 is 1.51. The van der Waals surface area contributed by atoms with Gasteiger partial charge in [0.2, 0.25) is 15.9 Å². The molecular formula is C21H25N3O5S2. The van der Waals surface area contributed by atoms with Crippen LogP contribution in [0.2, 0.25) is 0 Å². The molecule has 0 saturated carbocycles. The van der Waals surface area contributed by atoms with Crippen molar-refractivity contribution in [2.75, 3.05) is 26.8 Å². The number of para-hydroxylation sites is 1. The Balaban J connectivity index is 1.64. The van der Waals surface area contributed by atoms with Gasteiger partial charge in [0.1, 0.15) is 5.01 Å². The summed E-state index contributed by atoms with van der Waals surface area (Å²) in [4.78, 5) is 18.4. The molecule has 166 valence electrons. The first kappa shape index (κ1) is 23.0. The van der Waals surface area contributed by atoms with Crippen LogP contribution in [0.5, 0.6) is 11.5 Å². The van der Waals surface area contributed by atoms with Crippen molar-refractivity contribution in [1.29, 1.82) is 0 Å². The second-order valence-electron chi connectivity index (χ2n) is 6.62. The van der Waals surface area contributed by atoms with E-state index in [2.05, 4.69) is 9.71 Å². The highest BCUT2D eigenvalue weighted by Crippen LogP contribution is 2.30. The van der Waals surface area contributed by atoms with Crippen LogP contribution in [0.1, 0.15) is 18.9 Å². The summed E-state index contributed by atoms with van der Waals surface area (Å²) in [7, 11) is -2.28. The second kappa shape index (κ2) is 10.1. The standard InChI is InChI=1S/C21H25N3O5S2/c1-4-28-17-11-10-15(12-18(17)29-5-2)31(26,27)22-13-21(25)24(3)14-20-23-16-8-6-7-9-19(16)30-20/h6-12,22H,4-5,13-14H2,1-3H3. The Labute approximate surface area is 185 Å². The van der Waals surface area contributed by atoms with Crippen LogP contribution in [0.4, 0.5) is 0 Å². The fourth-order valence-corrected chi connectivity index (χ4v) is 4.86. The summed E-state index contributed by atoms with van der Waals surface area (Å²) in [5.74, 6) is 0.445. The number of hydrogen-bond acceptors (Lipinski definition) is 7. The second-order valence-corrected chi connectivity index (χ2v) is 9.51. The molecule has 1 heterocycles. The Bertz CT molecular complexity index is 1130. The predicted molar refractivity (Wildman–Crippen MR) is 120 cm³/mol. The van der Waals surface area contributed by atoms with Gasteiger partial charge in [-0.3, -0.25) is 4.79 Å². The van der Waals surface area contributed by atoms with Gasteiger partial charge in [-0.2, -0.15) is 0 Å². The molecule has 8 nitrogen and oxygen atoms in total. The van der Waals surface area contributed by atoms with Gasteiger partial charge in [0.05, 0.1) is 41.4 Å². The smallest absolute Gasteiger partial charge is 0.241 e. The number of nitrogens with zero attached hydrogens (tertiary/aromatic N) is 2. The monoisotopic (exact) mass is 463 g/mol. The zero-order valence-corrected chi connectivity index (χ0v) is 19.3. The molecule has 2 aromatic carbocycles. The van der Waals surface area contributed by atoms with Gasteiger partial charge in [0.25, 0.3) is 0 Å². The minimum atomic E-state index is -3.90. The average molecular weight is 464 g/mol. The van der Waals surface area contributed by atoms with Crippen molar-refractivity contribution in [3.05, 3.63) is 47.5 Å². The minimum absolute atomic E-state index is 0.000953. The lowest BCUT2D eigenvalue weighted by Gasteiger charge is -2.16. The molecule has 1 aromatic heterocycles. The van der Waals surface area contributed by atoms with E-state index in [1.165, 1.54) is 28.4 Å². The van der Waals surface area contributed by atoms with Crippen molar-refractivity contribution in [1.82, 2.24) is 14.6 Å². The third-order valence-electron chi connectivity index (χ3n) is 4.37. The van der Waals surface area contributed by atoms with Crippen molar-refractivity contribution in [3.8, 4) is 11.5 Å². The zero-order valence-electron chi connectivity index (χ0n) is 17.6. The number of fused-ring (bicyclic) bond motifs is 1. The number of carbonyl (C=O) groups is 1. The Morgan fingerprint density at radius 3 is 2.52 bits per heavy atom. The Morgan fingerprint density at radius 1 is 1.10 bits per heavy atom. The summed E-state index contributed by atoms with van der Waals surface area (Å²) in [5.41, 5.74) is 0.879. The van der Waals surface area contributed by atoms with E-state index in [9.17, 15) is 13.2 Å². The van der Waals surface area contributed by atoms with Crippen molar-refractivity contribution in [2.24, 2.45) is 0 Å². The Hall–Kier alpha value is -2.69. The Kier molecular flexibility index (Phi) is 7.47. The summed E-state index contributed by atoms with van der Waals surface area (Å²) in [6.45, 7) is 4.37. The molecule has 0 bridgehead atoms. The molecule has 0 aliphatic heterocycles. The van der Waals surface area contributed by atoms with Gasteiger partial charge >= 0.3 is 0 Å². The van der Waals surface area contributed by atoms with Crippen LogP contribution >= 0.6 is 11.3 Å². The van der Waals surface area contributed by atoms with Crippen molar-refractivity contribution in [2.45, 2.75) is 25.3 Å². The maximum absolute atomic E-state index is 12.7. The fourth-order valence-electron chi connectivity index (χ4n) is 2.85. The van der Waals surface area contributed by atoms with Gasteiger partial charge in [0.15, 0.2) is 11.5 Å². The number of amides is 1. The van der Waals surface area contributed by atoms with E-state index in [1.807, 2.05) is 31.2 Å². The number of rotatable bonds is 10. The number of likely N-dealkylation sites (N-methyl/N-ethyl adjacent to an activating group) is 1. The van der Waals surface area contributed by atoms with E-state index < -0.39 is 10.0 Å². The van der Waals surface area contributed by atoms with E-state index >= 15 is 0 Å². The van der Waals surface area contributed by atoms with Gasteiger partial charge in [0, 0.05) is 13.1 Å². The maximum atomic E-state index is 12.7. The molecule has 0 spiro atoms. The molecule has 0 atom stereocenters.